The summed E-state index contributed by atoms with van der Waals surface area (Å²) in [7, 11) is -3.42. The van der Waals surface area contributed by atoms with Crippen molar-refractivity contribution in [1.82, 2.24) is 24.0 Å². The van der Waals surface area contributed by atoms with Crippen LogP contribution in [0.5, 0.6) is 0 Å². The fraction of sp³-hybridized carbons (Fsp3) is 0.556. The Balaban J connectivity index is 1.91. The number of thiazole rings is 1. The van der Waals surface area contributed by atoms with Crippen molar-refractivity contribution in [2.75, 3.05) is 6.54 Å². The van der Waals surface area contributed by atoms with Crippen LogP contribution in [0.1, 0.15) is 19.5 Å². The van der Waals surface area contributed by atoms with Gasteiger partial charge < -0.3 is 0 Å². The Morgan fingerprint density at radius 1 is 1.50 bits per heavy atom. The van der Waals surface area contributed by atoms with Gasteiger partial charge in [0.25, 0.3) is 10.2 Å². The minimum atomic E-state index is -3.42. The van der Waals surface area contributed by atoms with Crippen LogP contribution in [0.15, 0.2) is 11.7 Å². The first-order valence-corrected chi connectivity index (χ1v) is 7.87. The van der Waals surface area contributed by atoms with Crippen molar-refractivity contribution in [1.29, 1.82) is 0 Å². The average molecular weight is 289 g/mol. The van der Waals surface area contributed by atoms with Crippen molar-refractivity contribution < 1.29 is 8.42 Å². The van der Waals surface area contributed by atoms with Crippen LogP contribution in [0.25, 0.3) is 4.96 Å². The van der Waals surface area contributed by atoms with E-state index in [0.29, 0.717) is 13.0 Å². The summed E-state index contributed by atoms with van der Waals surface area (Å²) < 4.78 is 29.7. The van der Waals surface area contributed by atoms with Crippen molar-refractivity contribution in [2.45, 2.75) is 26.3 Å². The number of hydrogen-bond acceptors (Lipinski definition) is 5. The van der Waals surface area contributed by atoms with Gasteiger partial charge in [-0.15, -0.1) is 11.3 Å². The minimum Gasteiger partial charge on any atom is -0.208 e. The van der Waals surface area contributed by atoms with Crippen molar-refractivity contribution in [3.63, 3.8) is 0 Å². The van der Waals surface area contributed by atoms with Gasteiger partial charge in [-0.2, -0.15) is 18.2 Å². The molecule has 0 saturated heterocycles. The highest BCUT2D eigenvalue weighted by Crippen LogP contribution is 2.12. The summed E-state index contributed by atoms with van der Waals surface area (Å²) in [5.41, 5.74) is 0.944. The van der Waals surface area contributed by atoms with Crippen molar-refractivity contribution in [3.05, 3.63) is 17.4 Å². The molecule has 0 radical (unpaired) electrons. The Labute approximate surface area is 109 Å². The predicted molar refractivity (Wildman–Crippen MR) is 69.8 cm³/mol. The fourth-order valence-corrected chi connectivity index (χ4v) is 3.42. The SMILES string of the molecule is CC(C)NS(=O)(=O)NCCc1csc2ncnn12. The molecule has 0 aromatic carbocycles. The van der Waals surface area contributed by atoms with Gasteiger partial charge in [0.15, 0.2) is 0 Å². The average Bonchev–Trinajstić information content (AvgIpc) is 2.79. The number of nitrogens with zero attached hydrogens (tertiary/aromatic N) is 3. The van der Waals surface area contributed by atoms with Crippen LogP contribution in [0.3, 0.4) is 0 Å². The molecule has 0 aliphatic rings. The summed E-state index contributed by atoms with van der Waals surface area (Å²) >= 11 is 1.49. The predicted octanol–water partition coefficient (Wildman–Crippen LogP) is 0.166. The van der Waals surface area contributed by atoms with E-state index in [2.05, 4.69) is 19.5 Å². The smallest absolute Gasteiger partial charge is 0.208 e. The van der Waals surface area contributed by atoms with Gasteiger partial charge in [-0.05, 0) is 13.8 Å². The monoisotopic (exact) mass is 289 g/mol. The normalized spacial score (nSPS) is 12.6. The molecule has 7 nitrogen and oxygen atoms in total. The van der Waals surface area contributed by atoms with E-state index in [1.54, 1.807) is 18.4 Å². The molecule has 2 rings (SSSR count). The number of fused-ring (bicyclic) bond motifs is 1. The molecule has 0 atom stereocenters. The first kappa shape index (κ1) is 13.4. The van der Waals surface area contributed by atoms with E-state index in [-0.39, 0.29) is 6.04 Å². The van der Waals surface area contributed by atoms with Gasteiger partial charge in [-0.1, -0.05) is 0 Å². The standard InChI is InChI=1S/C9H15N5O2S2/c1-7(2)13-18(15,16)12-4-3-8-5-17-9-10-6-11-14(8)9/h5-7,12-13H,3-4H2,1-2H3. The zero-order chi connectivity index (χ0) is 13.2. The molecule has 2 N–H and O–H groups in total. The van der Waals surface area contributed by atoms with E-state index in [9.17, 15) is 8.42 Å². The molecule has 2 heterocycles. The Kier molecular flexibility index (Phi) is 3.95. The first-order valence-electron chi connectivity index (χ1n) is 5.51. The van der Waals surface area contributed by atoms with Gasteiger partial charge in [-0.25, -0.2) is 14.2 Å². The van der Waals surface area contributed by atoms with Gasteiger partial charge in [0.05, 0.1) is 5.69 Å². The molecule has 0 bridgehead atoms. The van der Waals surface area contributed by atoms with Gasteiger partial charge in [-0.3, -0.25) is 0 Å². The summed E-state index contributed by atoms with van der Waals surface area (Å²) in [4.78, 5) is 4.87. The third kappa shape index (κ3) is 3.25. The molecule has 0 aliphatic heterocycles. The lowest BCUT2D eigenvalue weighted by molar-refractivity contribution is 0.554. The van der Waals surface area contributed by atoms with Crippen molar-refractivity contribution in [2.24, 2.45) is 0 Å². The molecule has 0 spiro atoms. The maximum Gasteiger partial charge on any atom is 0.277 e. The Morgan fingerprint density at radius 3 is 3.00 bits per heavy atom. The van der Waals surface area contributed by atoms with Crippen LogP contribution >= 0.6 is 11.3 Å². The first-order chi connectivity index (χ1) is 8.48. The highest BCUT2D eigenvalue weighted by Gasteiger charge is 2.11. The van der Waals surface area contributed by atoms with Crippen LogP contribution in [0, 0.1) is 0 Å². The summed E-state index contributed by atoms with van der Waals surface area (Å²) in [5, 5.41) is 6.00. The molecule has 2 aromatic rings. The molecule has 9 heteroatoms. The maximum absolute atomic E-state index is 11.5. The third-order valence-corrected chi connectivity index (χ3v) is 4.40. The van der Waals surface area contributed by atoms with E-state index in [4.69, 9.17) is 0 Å². The van der Waals surface area contributed by atoms with Gasteiger partial charge in [0.1, 0.15) is 6.33 Å². The van der Waals surface area contributed by atoms with Gasteiger partial charge in [0, 0.05) is 24.4 Å². The summed E-state index contributed by atoms with van der Waals surface area (Å²) in [6.45, 7) is 3.88. The van der Waals surface area contributed by atoms with Crippen molar-refractivity contribution in [3.8, 4) is 0 Å². The van der Waals surface area contributed by atoms with Crippen LogP contribution in [0.4, 0.5) is 0 Å². The largest absolute Gasteiger partial charge is 0.277 e. The van der Waals surface area contributed by atoms with Gasteiger partial charge in [0.2, 0.25) is 4.96 Å². The van der Waals surface area contributed by atoms with E-state index >= 15 is 0 Å². The van der Waals surface area contributed by atoms with E-state index in [1.165, 1.54) is 17.7 Å². The molecule has 2 aromatic heterocycles. The number of aromatic nitrogens is 3. The van der Waals surface area contributed by atoms with Crippen LogP contribution < -0.4 is 9.44 Å². The molecule has 0 fully saturated rings. The number of rotatable bonds is 6. The zero-order valence-corrected chi connectivity index (χ0v) is 11.8. The lowest BCUT2D eigenvalue weighted by Gasteiger charge is -2.10. The Bertz CT molecular complexity index is 616. The lowest BCUT2D eigenvalue weighted by atomic mass is 10.3. The van der Waals surface area contributed by atoms with Crippen molar-refractivity contribution >= 4 is 26.5 Å². The molecule has 0 aliphatic carbocycles. The van der Waals surface area contributed by atoms with Gasteiger partial charge >= 0.3 is 0 Å². The second-order valence-electron chi connectivity index (χ2n) is 4.10. The third-order valence-electron chi connectivity index (χ3n) is 2.15. The molecule has 18 heavy (non-hydrogen) atoms. The molecular formula is C9H15N5O2S2. The fourth-order valence-electron chi connectivity index (χ4n) is 1.51. The van der Waals surface area contributed by atoms with E-state index in [1.807, 2.05) is 5.38 Å². The van der Waals surface area contributed by atoms with E-state index < -0.39 is 10.2 Å². The second-order valence-corrected chi connectivity index (χ2v) is 6.47. The summed E-state index contributed by atoms with van der Waals surface area (Å²) in [6, 6.07) is -0.120. The Hall–Kier alpha value is -1.03. The minimum absolute atomic E-state index is 0.120. The molecule has 0 unspecified atom stereocenters. The summed E-state index contributed by atoms with van der Waals surface area (Å²) in [5.74, 6) is 0. The quantitative estimate of drug-likeness (QED) is 0.793. The second kappa shape index (κ2) is 5.31. The molecule has 0 saturated carbocycles. The maximum atomic E-state index is 11.5. The van der Waals surface area contributed by atoms with Crippen LogP contribution in [-0.4, -0.2) is 35.6 Å². The topological polar surface area (TPSA) is 88.4 Å². The van der Waals surface area contributed by atoms with Crippen LogP contribution in [0.2, 0.25) is 0 Å². The van der Waals surface area contributed by atoms with E-state index in [0.717, 1.165) is 10.7 Å². The lowest BCUT2D eigenvalue weighted by Crippen LogP contribution is -2.41. The molecule has 100 valence electrons. The zero-order valence-electron chi connectivity index (χ0n) is 10.1. The number of nitrogens with one attached hydrogen (secondary N) is 2. The Morgan fingerprint density at radius 2 is 2.28 bits per heavy atom. The number of hydrogen-bond donors (Lipinski definition) is 2. The van der Waals surface area contributed by atoms with Crippen LogP contribution in [-0.2, 0) is 16.6 Å². The highest BCUT2D eigenvalue weighted by atomic mass is 32.2. The summed E-state index contributed by atoms with van der Waals surface area (Å²) in [6.07, 6.45) is 2.06. The highest BCUT2D eigenvalue weighted by molar-refractivity contribution is 7.87. The molecule has 0 amide bonds. The molecular weight excluding hydrogens is 274 g/mol.